The molecule has 1 nitrogen and oxygen atoms in total. The zero-order valence-corrected chi connectivity index (χ0v) is 12.7. The van der Waals surface area contributed by atoms with E-state index in [0.717, 1.165) is 14.7 Å². The van der Waals surface area contributed by atoms with E-state index in [1.807, 2.05) is 30.0 Å². The van der Waals surface area contributed by atoms with Crippen LogP contribution in [0.5, 0.6) is 0 Å². The molecule has 2 atom stereocenters. The molecule has 0 saturated heterocycles. The second-order valence-corrected chi connectivity index (χ2v) is 8.57. The largest absolute Gasteiger partial charge is 0.249 e. The van der Waals surface area contributed by atoms with Crippen LogP contribution in [0.25, 0.3) is 0 Å². The van der Waals surface area contributed by atoms with Crippen LogP contribution in [0.2, 0.25) is 0 Å². The number of allylic oxidation sites excluding steroid dienone is 1. The minimum Gasteiger partial charge on any atom is -0.249 e. The first-order valence-electron chi connectivity index (χ1n) is 5.94. The van der Waals surface area contributed by atoms with E-state index < -0.39 is 10.8 Å². The number of hydrogen-bond acceptors (Lipinski definition) is 3. The van der Waals surface area contributed by atoms with Crippen molar-refractivity contribution in [1.82, 2.24) is 0 Å². The number of hydrogen-bond donors (Lipinski definition) is 0. The average Bonchev–Trinajstić information content (AvgIpc) is 2.38. The Labute approximate surface area is 119 Å². The van der Waals surface area contributed by atoms with Crippen LogP contribution in [0.4, 0.5) is 0 Å². The van der Waals surface area contributed by atoms with Gasteiger partial charge in [0.05, 0.1) is 24.8 Å². The molecular weight excluding hydrogens is 280 g/mol. The molecule has 0 spiro atoms. The lowest BCUT2D eigenvalue weighted by molar-refractivity contribution is 0.677. The predicted octanol–water partition coefficient (Wildman–Crippen LogP) is 4.40. The topological polar surface area (TPSA) is 17.1 Å². The quantitative estimate of drug-likeness (QED) is 0.764. The van der Waals surface area contributed by atoms with E-state index in [-0.39, 0.29) is 0 Å². The monoisotopic (exact) mass is 294 g/mol. The van der Waals surface area contributed by atoms with Crippen molar-refractivity contribution in [3.05, 3.63) is 45.6 Å². The van der Waals surface area contributed by atoms with E-state index in [2.05, 4.69) is 32.1 Å². The molecular formula is C14H14OS3. The van der Waals surface area contributed by atoms with E-state index in [1.165, 1.54) is 4.24 Å². The lowest BCUT2D eigenvalue weighted by Crippen LogP contribution is -2.14. The van der Waals surface area contributed by atoms with Gasteiger partial charge in [0.2, 0.25) is 0 Å². The molecule has 2 unspecified atom stereocenters. The summed E-state index contributed by atoms with van der Waals surface area (Å²) >= 11 is 3.62. The molecule has 0 N–H and O–H groups in total. The van der Waals surface area contributed by atoms with E-state index in [4.69, 9.17) is 0 Å². The number of fused-ring (bicyclic) bond motifs is 1. The van der Waals surface area contributed by atoms with Crippen molar-refractivity contribution in [2.24, 2.45) is 5.92 Å². The Morgan fingerprint density at radius 2 is 2.06 bits per heavy atom. The molecule has 1 aromatic carbocycles. The van der Waals surface area contributed by atoms with Gasteiger partial charge in [0.25, 0.3) is 0 Å². The molecule has 2 heterocycles. The fourth-order valence-corrected chi connectivity index (χ4v) is 6.41. The Hall–Kier alpha value is -0.450. The summed E-state index contributed by atoms with van der Waals surface area (Å²) in [5, 5.41) is 0.499. The van der Waals surface area contributed by atoms with Crippen LogP contribution in [-0.4, -0.2) is 9.46 Å². The van der Waals surface area contributed by atoms with Crippen LogP contribution < -0.4 is 0 Å². The molecule has 0 aliphatic carbocycles. The van der Waals surface area contributed by atoms with Crippen molar-refractivity contribution in [1.29, 1.82) is 0 Å². The van der Waals surface area contributed by atoms with Gasteiger partial charge in [-0.25, -0.2) is 4.21 Å². The van der Waals surface area contributed by atoms with E-state index >= 15 is 0 Å². The van der Waals surface area contributed by atoms with Crippen molar-refractivity contribution in [2.45, 2.75) is 28.9 Å². The third-order valence-corrected chi connectivity index (χ3v) is 7.80. The fraction of sp³-hybridized carbons (Fsp3) is 0.286. The fourth-order valence-electron chi connectivity index (χ4n) is 1.95. The SMILES string of the molecule is CC(C)C1C=CC2=C(Sc3ccccc3S2=O)S1. The van der Waals surface area contributed by atoms with Crippen molar-refractivity contribution < 1.29 is 4.21 Å². The van der Waals surface area contributed by atoms with Gasteiger partial charge in [-0.3, -0.25) is 0 Å². The average molecular weight is 294 g/mol. The van der Waals surface area contributed by atoms with Gasteiger partial charge in [-0.2, -0.15) is 0 Å². The van der Waals surface area contributed by atoms with Gasteiger partial charge in [-0.05, 0) is 24.1 Å². The molecule has 1 aromatic rings. The molecule has 0 saturated carbocycles. The molecule has 18 heavy (non-hydrogen) atoms. The maximum atomic E-state index is 12.5. The summed E-state index contributed by atoms with van der Waals surface area (Å²) in [4.78, 5) is 3.08. The van der Waals surface area contributed by atoms with Gasteiger partial charge >= 0.3 is 0 Å². The zero-order valence-electron chi connectivity index (χ0n) is 10.3. The highest BCUT2D eigenvalue weighted by molar-refractivity contribution is 8.23. The molecule has 0 amide bonds. The first-order chi connectivity index (χ1) is 8.66. The normalized spacial score (nSPS) is 26.2. The van der Waals surface area contributed by atoms with Gasteiger partial charge < -0.3 is 0 Å². The predicted molar refractivity (Wildman–Crippen MR) is 81.1 cm³/mol. The second-order valence-electron chi connectivity index (χ2n) is 4.65. The Morgan fingerprint density at radius 1 is 1.28 bits per heavy atom. The highest BCUT2D eigenvalue weighted by Gasteiger charge is 2.29. The second kappa shape index (κ2) is 4.91. The molecule has 0 fully saturated rings. The minimum absolute atomic E-state index is 0.499. The van der Waals surface area contributed by atoms with E-state index in [0.29, 0.717) is 11.2 Å². The van der Waals surface area contributed by atoms with Crippen LogP contribution in [-0.2, 0) is 10.8 Å². The number of benzene rings is 1. The zero-order chi connectivity index (χ0) is 12.7. The van der Waals surface area contributed by atoms with Crippen LogP contribution >= 0.6 is 23.5 Å². The Kier molecular flexibility index (Phi) is 3.43. The summed E-state index contributed by atoms with van der Waals surface area (Å²) in [7, 11) is -1.01. The summed E-state index contributed by atoms with van der Waals surface area (Å²) in [6, 6.07) is 8.00. The Bertz CT molecular complexity index is 572. The third kappa shape index (κ3) is 2.10. The standard InChI is InChI=1S/C14H14OS3/c1-9(2)10-7-8-13-14(16-10)17-11-5-3-4-6-12(11)18(13)15/h3-10H,1-2H3. The third-order valence-electron chi connectivity index (χ3n) is 2.99. The summed E-state index contributed by atoms with van der Waals surface area (Å²) in [5.41, 5.74) is 0. The molecule has 0 aromatic heterocycles. The maximum absolute atomic E-state index is 12.5. The highest BCUT2D eigenvalue weighted by atomic mass is 32.2. The highest BCUT2D eigenvalue weighted by Crippen LogP contribution is 2.50. The lowest BCUT2D eigenvalue weighted by atomic mass is 10.1. The minimum atomic E-state index is -1.01. The molecule has 3 rings (SSSR count). The Morgan fingerprint density at radius 3 is 2.83 bits per heavy atom. The maximum Gasteiger partial charge on any atom is 0.0878 e. The van der Waals surface area contributed by atoms with Crippen molar-refractivity contribution in [3.8, 4) is 0 Å². The van der Waals surface area contributed by atoms with E-state index in [1.54, 1.807) is 11.8 Å². The van der Waals surface area contributed by atoms with Crippen LogP contribution in [0, 0.1) is 5.92 Å². The molecule has 4 heteroatoms. The van der Waals surface area contributed by atoms with Gasteiger partial charge in [-0.1, -0.05) is 43.8 Å². The van der Waals surface area contributed by atoms with Crippen LogP contribution in [0.15, 0.2) is 55.4 Å². The van der Waals surface area contributed by atoms with Gasteiger partial charge in [0.1, 0.15) is 0 Å². The van der Waals surface area contributed by atoms with Gasteiger partial charge in [-0.15, -0.1) is 11.8 Å². The van der Waals surface area contributed by atoms with Gasteiger partial charge in [0.15, 0.2) is 0 Å². The van der Waals surface area contributed by atoms with Gasteiger partial charge in [0, 0.05) is 10.1 Å². The molecule has 0 bridgehead atoms. The first kappa shape index (κ1) is 12.6. The molecule has 0 radical (unpaired) electrons. The smallest absolute Gasteiger partial charge is 0.0878 e. The summed E-state index contributed by atoms with van der Waals surface area (Å²) in [6.07, 6.45) is 4.26. The molecule has 2 aliphatic rings. The number of thioether (sulfide) groups is 2. The molecule has 94 valence electrons. The summed E-state index contributed by atoms with van der Waals surface area (Å²) in [6.45, 7) is 4.46. The van der Waals surface area contributed by atoms with Crippen LogP contribution in [0.1, 0.15) is 13.8 Å². The summed E-state index contributed by atoms with van der Waals surface area (Å²) in [5.74, 6) is 0.603. The summed E-state index contributed by atoms with van der Waals surface area (Å²) < 4.78 is 13.7. The van der Waals surface area contributed by atoms with Crippen LogP contribution in [0.3, 0.4) is 0 Å². The van der Waals surface area contributed by atoms with E-state index in [9.17, 15) is 4.21 Å². The van der Waals surface area contributed by atoms with Crippen molar-refractivity contribution in [3.63, 3.8) is 0 Å². The molecule has 2 aliphatic heterocycles. The first-order valence-corrected chi connectivity index (χ1v) is 8.79. The lowest BCUT2D eigenvalue weighted by Gasteiger charge is -2.27. The van der Waals surface area contributed by atoms with Crippen molar-refractivity contribution in [2.75, 3.05) is 0 Å². The number of rotatable bonds is 1. The van der Waals surface area contributed by atoms with Crippen molar-refractivity contribution >= 4 is 34.3 Å². The Balaban J connectivity index is 1.99.